The number of ether oxygens (including phenoxy) is 3. The van der Waals surface area contributed by atoms with Crippen molar-refractivity contribution in [3.63, 3.8) is 0 Å². The van der Waals surface area contributed by atoms with Gasteiger partial charge >= 0.3 is 12.1 Å². The molecule has 7 N–H and O–H groups in total. The molecule has 0 spiro atoms. The number of aromatic hydroxyl groups is 1. The molecule has 0 bridgehead atoms. The van der Waals surface area contributed by atoms with Crippen LogP contribution in [-0.2, 0) is 26.4 Å². The van der Waals surface area contributed by atoms with Gasteiger partial charge in [-0.2, -0.15) is 0 Å². The number of carbonyl (C=O) groups is 2. The number of aliphatic hydroxyl groups excluding tert-OH is 1. The zero-order valence-corrected chi connectivity index (χ0v) is 32.3. The number of phenolic OH excluding ortho intramolecular Hbond substituents is 1. The Morgan fingerprint density at radius 2 is 1.85 bits per heavy atom. The van der Waals surface area contributed by atoms with E-state index in [4.69, 9.17) is 25.8 Å². The fourth-order valence-corrected chi connectivity index (χ4v) is 8.77. The van der Waals surface area contributed by atoms with Crippen molar-refractivity contribution in [3.05, 3.63) is 85.3 Å². The van der Waals surface area contributed by atoms with Crippen LogP contribution in [0.4, 0.5) is 10.5 Å². The zero-order valence-electron chi connectivity index (χ0n) is 30.8. The number of phenols is 1. The number of amides is 1. The maximum Gasteiger partial charge on any atom is 0.411 e. The Kier molecular flexibility index (Phi) is 13.7. The number of benzene rings is 2. The summed E-state index contributed by atoms with van der Waals surface area (Å²) in [5.74, 6) is -0.247. The van der Waals surface area contributed by atoms with Crippen LogP contribution >= 0.6 is 22.9 Å². The number of aromatic nitrogens is 1. The lowest BCUT2D eigenvalue weighted by molar-refractivity contribution is -0.180. The normalized spacial score (nSPS) is 19.1. The summed E-state index contributed by atoms with van der Waals surface area (Å²) in [5, 5.41) is 44.7. The molecular formula is C40H49ClN4O9S. The number of carbonyl (C=O) groups excluding carboxylic acids is 2. The average molecular weight is 797 g/mol. The van der Waals surface area contributed by atoms with Gasteiger partial charge in [0.25, 0.3) is 0 Å². The van der Waals surface area contributed by atoms with Crippen molar-refractivity contribution in [3.8, 4) is 11.5 Å². The number of thiophene rings is 1. The highest BCUT2D eigenvalue weighted by Gasteiger charge is 2.49. The second kappa shape index (κ2) is 18.6. The molecule has 0 radical (unpaired) electrons. The van der Waals surface area contributed by atoms with Gasteiger partial charge in [-0.1, -0.05) is 36.6 Å². The van der Waals surface area contributed by atoms with Crippen molar-refractivity contribution >= 4 is 51.6 Å². The first kappa shape index (κ1) is 40.5. The molecule has 55 heavy (non-hydrogen) atoms. The zero-order chi connectivity index (χ0) is 39.0. The lowest BCUT2D eigenvalue weighted by Gasteiger charge is -2.34. The highest BCUT2D eigenvalue weighted by molar-refractivity contribution is 7.10. The van der Waals surface area contributed by atoms with Crippen LogP contribution in [0.3, 0.4) is 0 Å². The van der Waals surface area contributed by atoms with Gasteiger partial charge in [0.1, 0.15) is 17.6 Å². The summed E-state index contributed by atoms with van der Waals surface area (Å²) in [6.07, 6.45) is 5.57. The highest BCUT2D eigenvalue weighted by Crippen LogP contribution is 2.44. The molecule has 2 aliphatic rings. The molecule has 2 atom stereocenters. The van der Waals surface area contributed by atoms with Crippen LogP contribution in [0.5, 0.6) is 11.5 Å². The van der Waals surface area contributed by atoms with Crippen LogP contribution in [0, 0.1) is 5.92 Å². The number of H-pyrrole nitrogens is 1. The number of aliphatic hydroxyl groups is 2. The number of pyridine rings is 1. The molecule has 0 unspecified atom stereocenters. The van der Waals surface area contributed by atoms with Gasteiger partial charge in [0.2, 0.25) is 5.56 Å². The van der Waals surface area contributed by atoms with Crippen molar-refractivity contribution in [2.45, 2.75) is 88.2 Å². The standard InChI is InChI=1S/C40H49ClN4O9S/c1-52-34-21-31(30(41)20-24(34)22-42-23-33(47)28-13-15-32(46)37-29(28)14-16-36(48)45-37)44-39(50)53-18-5-17-43-26-9-11-27(12-10-26)54-38(49)40(51,25-6-2-3-7-25)35-8-4-19-55-35/h4,8,13-16,19-21,25-27,33,42-43,46-47,51H,2-3,5-7,9-12,17-18,22-23H2,1H3,(H,44,50)(H,45,48)/t26-,27-,33-,40+/m0/s1. The van der Waals surface area contributed by atoms with E-state index >= 15 is 0 Å². The van der Waals surface area contributed by atoms with E-state index in [1.807, 2.05) is 17.5 Å². The number of hydrogen-bond donors (Lipinski definition) is 7. The molecule has 2 aromatic heterocycles. The maximum atomic E-state index is 13.4. The van der Waals surface area contributed by atoms with Crippen molar-refractivity contribution in [2.24, 2.45) is 5.92 Å². The van der Waals surface area contributed by atoms with Gasteiger partial charge in [-0.05, 0) is 86.7 Å². The molecule has 0 saturated heterocycles. The Morgan fingerprint density at radius 3 is 2.58 bits per heavy atom. The molecule has 6 rings (SSSR count). The summed E-state index contributed by atoms with van der Waals surface area (Å²) in [6, 6.07) is 13.1. The minimum absolute atomic E-state index is 0.0855. The molecule has 2 heterocycles. The second-order valence-electron chi connectivity index (χ2n) is 14.2. The number of fused-ring (bicyclic) bond motifs is 1. The Labute approximate surface area is 328 Å². The average Bonchev–Trinajstić information content (AvgIpc) is 3.93. The Morgan fingerprint density at radius 1 is 1.07 bits per heavy atom. The Hall–Kier alpha value is -4.18. The minimum Gasteiger partial charge on any atom is -0.506 e. The largest absolute Gasteiger partial charge is 0.506 e. The lowest BCUT2D eigenvalue weighted by Crippen LogP contribution is -2.45. The van der Waals surface area contributed by atoms with Gasteiger partial charge < -0.3 is 45.1 Å². The third-order valence-corrected chi connectivity index (χ3v) is 11.9. The van der Waals surface area contributed by atoms with E-state index in [0.29, 0.717) is 45.8 Å². The molecule has 4 aromatic rings. The fourth-order valence-electron chi connectivity index (χ4n) is 7.64. The first-order valence-electron chi connectivity index (χ1n) is 18.8. The predicted octanol–water partition coefficient (Wildman–Crippen LogP) is 6.24. The first-order chi connectivity index (χ1) is 26.6. The van der Waals surface area contributed by atoms with Crippen molar-refractivity contribution < 1.29 is 39.1 Å². The molecule has 2 fully saturated rings. The molecule has 15 heteroatoms. The third kappa shape index (κ3) is 9.80. The monoisotopic (exact) mass is 796 g/mol. The SMILES string of the molecule is COc1cc(NC(=O)OCCCN[C@H]2CC[C@H](OC(=O)[C@](O)(c3cccs3)C3CCCC3)CC2)c(Cl)cc1CNC[C@H](O)c1ccc(O)c2[nH]c(=O)ccc12. The van der Waals surface area contributed by atoms with Gasteiger partial charge in [0, 0.05) is 53.0 Å². The number of nitrogens with one attached hydrogen (secondary N) is 4. The van der Waals surface area contributed by atoms with Gasteiger partial charge in [0.15, 0.2) is 5.60 Å². The summed E-state index contributed by atoms with van der Waals surface area (Å²) < 4.78 is 16.9. The van der Waals surface area contributed by atoms with Gasteiger partial charge in [0.05, 0.1) is 36.0 Å². The number of rotatable bonds is 16. The van der Waals surface area contributed by atoms with Gasteiger partial charge in [-0.15, -0.1) is 11.3 Å². The summed E-state index contributed by atoms with van der Waals surface area (Å²) in [4.78, 5) is 40.9. The molecule has 0 aliphatic heterocycles. The topological polar surface area (TPSA) is 191 Å². The van der Waals surface area contributed by atoms with E-state index in [2.05, 4.69) is 20.9 Å². The van der Waals surface area contributed by atoms with Crippen molar-refractivity contribution in [2.75, 3.05) is 32.1 Å². The fraction of sp³-hybridized carbons (Fsp3) is 0.475. The van der Waals surface area contributed by atoms with E-state index < -0.39 is 23.8 Å². The Balaban J connectivity index is 0.894. The van der Waals surface area contributed by atoms with E-state index in [1.165, 1.54) is 30.6 Å². The summed E-state index contributed by atoms with van der Waals surface area (Å²) in [5.41, 5.74) is -0.118. The quantitative estimate of drug-likeness (QED) is 0.0502. The number of anilines is 1. The van der Waals surface area contributed by atoms with Gasteiger partial charge in [-0.25, -0.2) is 9.59 Å². The van der Waals surface area contributed by atoms with E-state index in [9.17, 15) is 29.7 Å². The van der Waals surface area contributed by atoms with Crippen LogP contribution in [0.25, 0.3) is 10.9 Å². The molecule has 13 nitrogen and oxygen atoms in total. The second-order valence-corrected chi connectivity index (χ2v) is 15.6. The van der Waals surface area contributed by atoms with Crippen molar-refractivity contribution in [1.29, 1.82) is 0 Å². The molecule has 1 amide bonds. The molecule has 2 aliphatic carbocycles. The van der Waals surface area contributed by atoms with Crippen LogP contribution in [-0.4, -0.2) is 71.3 Å². The summed E-state index contributed by atoms with van der Waals surface area (Å²) in [7, 11) is 1.50. The molecular weight excluding hydrogens is 748 g/mol. The van der Waals surface area contributed by atoms with Gasteiger partial charge in [-0.3, -0.25) is 10.1 Å². The number of hydrogen-bond acceptors (Lipinski definition) is 12. The maximum absolute atomic E-state index is 13.4. The highest BCUT2D eigenvalue weighted by atomic mass is 35.5. The summed E-state index contributed by atoms with van der Waals surface area (Å²) >= 11 is 7.91. The van der Waals surface area contributed by atoms with Crippen LogP contribution < -0.4 is 26.2 Å². The van der Waals surface area contributed by atoms with Crippen LogP contribution in [0.2, 0.25) is 5.02 Å². The number of esters is 1. The first-order valence-corrected chi connectivity index (χ1v) is 20.1. The third-order valence-electron chi connectivity index (χ3n) is 10.6. The molecule has 296 valence electrons. The molecule has 2 aromatic carbocycles. The smallest absolute Gasteiger partial charge is 0.411 e. The number of aromatic amines is 1. The number of methoxy groups -OCH3 is 1. The van der Waals surface area contributed by atoms with Crippen LogP contribution in [0.15, 0.2) is 58.7 Å². The van der Waals surface area contributed by atoms with E-state index in [-0.39, 0.29) is 59.6 Å². The molecule has 2 saturated carbocycles. The predicted molar refractivity (Wildman–Crippen MR) is 211 cm³/mol. The lowest BCUT2D eigenvalue weighted by atomic mass is 9.84. The van der Waals surface area contributed by atoms with E-state index in [1.54, 1.807) is 24.3 Å². The Bertz CT molecular complexity index is 1980. The summed E-state index contributed by atoms with van der Waals surface area (Å²) in [6.45, 7) is 1.28. The van der Waals surface area contributed by atoms with Crippen molar-refractivity contribution in [1.82, 2.24) is 15.6 Å². The van der Waals surface area contributed by atoms with E-state index in [0.717, 1.165) is 51.4 Å². The van der Waals surface area contributed by atoms with Crippen LogP contribution in [0.1, 0.15) is 79.9 Å². The minimum atomic E-state index is -1.57. The number of halogens is 1.